The number of pyridine rings is 1. The molecule has 1 N–H and O–H groups in total. The standard InChI is InChI=1S/C35H42N4O3S/c1-3-4-5-6-7-8-9-10-11-16-25-42-35(41)39-32-26-28(43-33-19-13-12-18-30(33)34(40)36-2)21-22-29(32)31(38-39)23-20-27-17-14-15-24-37-27/h12-15,17-24,26H,3-11,16,25H2,1-2H3,(H,36,40)/b23-20+. The Labute approximate surface area is 259 Å². The van der Waals surface area contributed by atoms with Crippen molar-refractivity contribution < 1.29 is 14.3 Å². The van der Waals surface area contributed by atoms with Crippen molar-refractivity contribution in [1.82, 2.24) is 20.1 Å². The lowest BCUT2D eigenvalue weighted by atomic mass is 10.1. The highest BCUT2D eigenvalue weighted by Gasteiger charge is 2.18. The number of hydrogen-bond donors (Lipinski definition) is 1. The van der Waals surface area contributed by atoms with Crippen LogP contribution in [-0.4, -0.2) is 40.4 Å². The Balaban J connectivity index is 1.46. The summed E-state index contributed by atoms with van der Waals surface area (Å²) < 4.78 is 7.02. The van der Waals surface area contributed by atoms with E-state index in [1.807, 2.05) is 66.7 Å². The molecule has 4 aromatic rings. The van der Waals surface area contributed by atoms with Gasteiger partial charge in [-0.25, -0.2) is 4.79 Å². The van der Waals surface area contributed by atoms with Crippen molar-refractivity contribution in [3.8, 4) is 0 Å². The number of benzene rings is 2. The van der Waals surface area contributed by atoms with E-state index in [0.717, 1.165) is 40.1 Å². The summed E-state index contributed by atoms with van der Waals surface area (Å²) in [5.74, 6) is -0.147. The minimum Gasteiger partial charge on any atom is -0.448 e. The summed E-state index contributed by atoms with van der Waals surface area (Å²) in [4.78, 5) is 31.7. The van der Waals surface area contributed by atoms with Gasteiger partial charge >= 0.3 is 6.09 Å². The zero-order chi connectivity index (χ0) is 30.3. The molecule has 0 fully saturated rings. The molecular weight excluding hydrogens is 556 g/mol. The van der Waals surface area contributed by atoms with Crippen molar-refractivity contribution >= 4 is 46.8 Å². The molecule has 0 saturated carbocycles. The molecule has 0 atom stereocenters. The molecule has 2 aromatic heterocycles. The first kappa shape index (κ1) is 32.0. The average molecular weight is 599 g/mol. The molecule has 7 nitrogen and oxygen atoms in total. The summed E-state index contributed by atoms with van der Waals surface area (Å²) in [6.07, 6.45) is 17.2. The third-order valence-corrected chi connectivity index (χ3v) is 8.33. The highest BCUT2D eigenvalue weighted by Crippen LogP contribution is 2.33. The molecular formula is C35H42N4O3S. The Bertz CT molecular complexity index is 1500. The van der Waals surface area contributed by atoms with Gasteiger partial charge in [-0.05, 0) is 61.0 Å². The van der Waals surface area contributed by atoms with E-state index in [9.17, 15) is 9.59 Å². The largest absolute Gasteiger partial charge is 0.448 e. The number of rotatable bonds is 16. The maximum Gasteiger partial charge on any atom is 0.435 e. The van der Waals surface area contributed by atoms with E-state index in [1.165, 1.54) is 61.4 Å². The van der Waals surface area contributed by atoms with Crippen LogP contribution in [0.2, 0.25) is 0 Å². The molecule has 0 aliphatic heterocycles. The first-order chi connectivity index (χ1) is 21.1. The molecule has 0 unspecified atom stereocenters. The molecule has 4 rings (SSSR count). The molecule has 0 bridgehead atoms. The maximum atomic E-state index is 13.2. The number of ether oxygens (including phenoxy) is 1. The van der Waals surface area contributed by atoms with Gasteiger partial charge in [0.05, 0.1) is 29.1 Å². The van der Waals surface area contributed by atoms with Crippen molar-refractivity contribution in [2.45, 2.75) is 80.9 Å². The van der Waals surface area contributed by atoms with Crippen molar-refractivity contribution in [3.05, 3.63) is 83.8 Å². The van der Waals surface area contributed by atoms with Gasteiger partial charge in [-0.15, -0.1) is 0 Å². The van der Waals surface area contributed by atoms with E-state index < -0.39 is 6.09 Å². The number of fused-ring (bicyclic) bond motifs is 1. The van der Waals surface area contributed by atoms with Crippen LogP contribution in [0.15, 0.2) is 76.7 Å². The topological polar surface area (TPSA) is 86.1 Å². The van der Waals surface area contributed by atoms with Gasteiger partial charge in [0, 0.05) is 28.4 Å². The van der Waals surface area contributed by atoms with E-state index in [1.54, 1.807) is 19.3 Å². The summed E-state index contributed by atoms with van der Waals surface area (Å²) in [6, 6.07) is 19.0. The number of nitrogens with one attached hydrogen (secondary N) is 1. The minimum atomic E-state index is -0.494. The van der Waals surface area contributed by atoms with E-state index in [0.29, 0.717) is 23.4 Å². The highest BCUT2D eigenvalue weighted by molar-refractivity contribution is 7.99. The van der Waals surface area contributed by atoms with Crippen LogP contribution in [0.3, 0.4) is 0 Å². The molecule has 0 spiro atoms. The van der Waals surface area contributed by atoms with Gasteiger partial charge in [-0.3, -0.25) is 9.78 Å². The van der Waals surface area contributed by atoms with E-state index in [-0.39, 0.29) is 5.91 Å². The van der Waals surface area contributed by atoms with Gasteiger partial charge in [0.25, 0.3) is 5.91 Å². The molecule has 0 saturated heterocycles. The Morgan fingerprint density at radius 1 is 0.884 bits per heavy atom. The molecule has 1 amide bonds. The molecule has 43 heavy (non-hydrogen) atoms. The van der Waals surface area contributed by atoms with Crippen molar-refractivity contribution in [3.63, 3.8) is 0 Å². The molecule has 2 heterocycles. The third-order valence-electron chi connectivity index (χ3n) is 7.26. The third kappa shape index (κ3) is 9.55. The maximum absolute atomic E-state index is 13.2. The normalized spacial score (nSPS) is 11.3. The Morgan fingerprint density at radius 3 is 2.33 bits per heavy atom. The molecule has 226 valence electrons. The molecule has 0 radical (unpaired) electrons. The van der Waals surface area contributed by atoms with Gasteiger partial charge in [-0.2, -0.15) is 9.78 Å². The van der Waals surface area contributed by atoms with Crippen LogP contribution in [0.4, 0.5) is 4.79 Å². The zero-order valence-corrected chi connectivity index (χ0v) is 26.1. The number of aromatic nitrogens is 3. The lowest BCUT2D eigenvalue weighted by Crippen LogP contribution is -2.18. The summed E-state index contributed by atoms with van der Waals surface area (Å²) in [7, 11) is 1.62. The number of unbranched alkanes of at least 4 members (excludes halogenated alkanes) is 9. The summed E-state index contributed by atoms with van der Waals surface area (Å²) >= 11 is 1.47. The molecule has 2 aromatic carbocycles. The van der Waals surface area contributed by atoms with Gasteiger partial charge in [0.15, 0.2) is 0 Å². The van der Waals surface area contributed by atoms with Gasteiger partial charge < -0.3 is 10.1 Å². The van der Waals surface area contributed by atoms with E-state index in [2.05, 4.69) is 22.3 Å². The number of hydrogen-bond acceptors (Lipinski definition) is 6. The molecule has 0 aliphatic carbocycles. The highest BCUT2D eigenvalue weighted by atomic mass is 32.2. The van der Waals surface area contributed by atoms with Crippen LogP contribution in [-0.2, 0) is 4.74 Å². The second-order valence-corrected chi connectivity index (χ2v) is 11.7. The smallest absolute Gasteiger partial charge is 0.435 e. The molecule has 0 aliphatic rings. The van der Waals surface area contributed by atoms with Gasteiger partial charge in [0.1, 0.15) is 0 Å². The number of nitrogens with zero attached hydrogens (tertiary/aromatic N) is 3. The van der Waals surface area contributed by atoms with E-state index >= 15 is 0 Å². The SMILES string of the molecule is CCCCCCCCCCCCOC(=O)n1nc(/C=C/c2ccccn2)c2ccc(Sc3ccccc3C(=O)NC)cc21. The van der Waals surface area contributed by atoms with Gasteiger partial charge in [0.2, 0.25) is 0 Å². The Hall–Kier alpha value is -3.91. The lowest BCUT2D eigenvalue weighted by molar-refractivity contribution is 0.0960. The van der Waals surface area contributed by atoms with Gasteiger partial charge in [-0.1, -0.05) is 94.7 Å². The van der Waals surface area contributed by atoms with Crippen LogP contribution < -0.4 is 5.32 Å². The van der Waals surface area contributed by atoms with Crippen molar-refractivity contribution in [1.29, 1.82) is 0 Å². The summed E-state index contributed by atoms with van der Waals surface area (Å²) in [5, 5.41) is 8.16. The summed E-state index contributed by atoms with van der Waals surface area (Å²) in [6.45, 7) is 2.61. The fraction of sp³-hybridized carbons (Fsp3) is 0.371. The number of amides is 1. The monoisotopic (exact) mass is 598 g/mol. The van der Waals surface area contributed by atoms with Crippen LogP contribution in [0, 0.1) is 0 Å². The van der Waals surface area contributed by atoms with Crippen LogP contribution in [0.25, 0.3) is 23.1 Å². The quantitative estimate of drug-likeness (QED) is 0.130. The second-order valence-electron chi connectivity index (χ2n) is 10.5. The number of carbonyl (C=O) groups excluding carboxylic acids is 2. The lowest BCUT2D eigenvalue weighted by Gasteiger charge is -2.09. The minimum absolute atomic E-state index is 0.147. The zero-order valence-electron chi connectivity index (χ0n) is 25.3. The predicted molar refractivity (Wildman–Crippen MR) is 175 cm³/mol. The molecule has 8 heteroatoms. The Kier molecular flexibility index (Phi) is 12.9. The van der Waals surface area contributed by atoms with Crippen molar-refractivity contribution in [2.75, 3.05) is 13.7 Å². The first-order valence-corrected chi connectivity index (χ1v) is 16.2. The second kappa shape index (κ2) is 17.3. The summed E-state index contributed by atoms with van der Waals surface area (Å²) in [5.41, 5.74) is 2.69. The van der Waals surface area contributed by atoms with Crippen LogP contribution in [0.5, 0.6) is 0 Å². The average Bonchev–Trinajstić information content (AvgIpc) is 3.40. The van der Waals surface area contributed by atoms with E-state index in [4.69, 9.17) is 4.74 Å². The van der Waals surface area contributed by atoms with Crippen LogP contribution in [0.1, 0.15) is 92.9 Å². The fourth-order valence-corrected chi connectivity index (χ4v) is 5.88. The first-order valence-electron chi connectivity index (χ1n) is 15.4. The predicted octanol–water partition coefficient (Wildman–Crippen LogP) is 9.02. The van der Waals surface area contributed by atoms with Crippen LogP contribution >= 0.6 is 11.8 Å². The van der Waals surface area contributed by atoms with Crippen molar-refractivity contribution in [2.24, 2.45) is 0 Å². The number of carbonyl (C=O) groups is 2. The fourth-order valence-electron chi connectivity index (χ4n) is 4.90. The Morgan fingerprint density at radius 2 is 1.60 bits per heavy atom.